The summed E-state index contributed by atoms with van der Waals surface area (Å²) in [5.74, 6) is -0.178. The Bertz CT molecular complexity index is 1110. The van der Waals surface area contributed by atoms with Crippen LogP contribution in [0.4, 0.5) is 0 Å². The number of carbonyl (C=O) groups is 1. The van der Waals surface area contributed by atoms with Crippen molar-refractivity contribution in [3.8, 4) is 0 Å². The molecule has 0 aromatic carbocycles. The summed E-state index contributed by atoms with van der Waals surface area (Å²) in [5, 5.41) is 64.5. The Morgan fingerprint density at radius 1 is 1.04 bits per heavy atom. The topological polar surface area (TPSA) is 185 Å². The highest BCUT2D eigenvalue weighted by Gasteiger charge is 2.60. The minimum absolute atomic E-state index is 0.0960. The van der Waals surface area contributed by atoms with Gasteiger partial charge in [0.15, 0.2) is 12.6 Å². The van der Waals surface area contributed by atoms with E-state index >= 15 is 0 Å². The summed E-state index contributed by atoms with van der Waals surface area (Å²) in [5.41, 5.74) is -0.245. The Balaban J connectivity index is 1.49. The van der Waals surface area contributed by atoms with Gasteiger partial charge in [-0.2, -0.15) is 0 Å². The lowest BCUT2D eigenvalue weighted by atomic mass is 9.45. The normalized spacial score (nSPS) is 47.7. The summed E-state index contributed by atoms with van der Waals surface area (Å²) < 4.78 is 29.1. The number of rotatable bonds is 10. The minimum Gasteiger partial charge on any atom is -0.463 e. The van der Waals surface area contributed by atoms with E-state index in [4.69, 9.17) is 23.7 Å². The van der Waals surface area contributed by atoms with Crippen LogP contribution in [-0.4, -0.2) is 116 Å². The van der Waals surface area contributed by atoms with E-state index in [0.29, 0.717) is 12.8 Å². The summed E-state index contributed by atoms with van der Waals surface area (Å²) in [6, 6.07) is 0. The molecule has 2 heterocycles. The van der Waals surface area contributed by atoms with Gasteiger partial charge in [0, 0.05) is 12.3 Å². The molecular weight excluding hydrogens is 600 g/mol. The molecule has 0 spiro atoms. The van der Waals surface area contributed by atoms with Gasteiger partial charge < -0.3 is 54.3 Å². The Hall–Kier alpha value is -1.45. The fourth-order valence-electron chi connectivity index (χ4n) is 8.16. The van der Waals surface area contributed by atoms with Gasteiger partial charge in [-0.3, -0.25) is 4.79 Å². The second-order valence-corrected chi connectivity index (χ2v) is 14.7. The average molecular weight is 657 g/mol. The summed E-state index contributed by atoms with van der Waals surface area (Å²) >= 11 is 0. The Labute approximate surface area is 272 Å². The molecule has 6 N–H and O–H groups in total. The van der Waals surface area contributed by atoms with Gasteiger partial charge in [-0.25, -0.2) is 0 Å². The van der Waals surface area contributed by atoms with Crippen LogP contribution in [0.25, 0.3) is 0 Å². The highest BCUT2D eigenvalue weighted by molar-refractivity contribution is 5.65. The molecule has 12 nitrogen and oxygen atoms in total. The third kappa shape index (κ3) is 7.12. The maximum Gasteiger partial charge on any atom is 0.302 e. The van der Waals surface area contributed by atoms with Crippen molar-refractivity contribution in [2.75, 3.05) is 6.61 Å². The molecule has 2 aliphatic carbocycles. The zero-order valence-corrected chi connectivity index (χ0v) is 28.2. The third-order valence-corrected chi connectivity index (χ3v) is 11.7. The van der Waals surface area contributed by atoms with E-state index in [1.54, 1.807) is 19.9 Å². The van der Waals surface area contributed by atoms with Crippen molar-refractivity contribution in [1.82, 2.24) is 0 Å². The Morgan fingerprint density at radius 2 is 1.67 bits per heavy atom. The van der Waals surface area contributed by atoms with Crippen LogP contribution in [-0.2, 0) is 28.5 Å². The molecule has 0 amide bonds. The van der Waals surface area contributed by atoms with Gasteiger partial charge in [0.25, 0.3) is 0 Å². The highest BCUT2D eigenvalue weighted by Crippen LogP contribution is 2.63. The van der Waals surface area contributed by atoms with Gasteiger partial charge in [-0.15, -0.1) is 6.58 Å². The van der Waals surface area contributed by atoms with E-state index < -0.39 is 85.0 Å². The van der Waals surface area contributed by atoms with E-state index in [2.05, 4.69) is 40.3 Å². The molecular formula is C34H56O12. The van der Waals surface area contributed by atoms with Gasteiger partial charge in [0.2, 0.25) is 0 Å². The predicted molar refractivity (Wildman–Crippen MR) is 166 cm³/mol. The van der Waals surface area contributed by atoms with Crippen molar-refractivity contribution >= 4 is 5.97 Å². The lowest BCUT2D eigenvalue weighted by Gasteiger charge is -2.61. The molecule has 0 aromatic rings. The van der Waals surface area contributed by atoms with Crippen LogP contribution in [0.2, 0.25) is 0 Å². The number of ether oxygens (including phenoxy) is 5. The number of hydrogen-bond acceptors (Lipinski definition) is 12. The second-order valence-electron chi connectivity index (χ2n) is 14.7. The predicted octanol–water partition coefficient (Wildman–Crippen LogP) is 1.72. The molecule has 4 rings (SSSR count). The van der Waals surface area contributed by atoms with Crippen molar-refractivity contribution < 1.29 is 59.1 Å². The number of esters is 1. The molecule has 0 unspecified atom stereocenters. The number of aliphatic hydroxyl groups excluding tert-OH is 5. The van der Waals surface area contributed by atoms with E-state index in [1.807, 2.05) is 0 Å². The molecule has 16 atom stereocenters. The first-order chi connectivity index (χ1) is 21.4. The van der Waals surface area contributed by atoms with Crippen LogP contribution >= 0.6 is 0 Å². The first-order valence-electron chi connectivity index (χ1n) is 16.6. The molecule has 0 aromatic heterocycles. The van der Waals surface area contributed by atoms with Crippen molar-refractivity contribution in [2.24, 2.45) is 22.7 Å². The lowest BCUT2D eigenvalue weighted by molar-refractivity contribution is -0.364. The Kier molecular flexibility index (Phi) is 11.5. The van der Waals surface area contributed by atoms with Crippen LogP contribution in [0.15, 0.2) is 24.3 Å². The lowest BCUT2D eigenvalue weighted by Crippen LogP contribution is -2.65. The van der Waals surface area contributed by atoms with Crippen LogP contribution in [0, 0.1) is 22.7 Å². The van der Waals surface area contributed by atoms with E-state index in [9.17, 15) is 35.4 Å². The maximum atomic E-state index is 11.3. The molecule has 0 bridgehead atoms. The fraction of sp³-hybridized carbons (Fsp3) is 0.853. The molecule has 3 fully saturated rings. The van der Waals surface area contributed by atoms with Crippen molar-refractivity contribution in [2.45, 2.75) is 154 Å². The third-order valence-electron chi connectivity index (χ3n) is 11.7. The maximum absolute atomic E-state index is 11.3. The summed E-state index contributed by atoms with van der Waals surface area (Å²) in [6.45, 7) is 16.9. The highest BCUT2D eigenvalue weighted by atomic mass is 16.7. The van der Waals surface area contributed by atoms with E-state index in [1.165, 1.54) is 12.5 Å². The zero-order valence-electron chi connectivity index (χ0n) is 28.2. The molecule has 1 saturated carbocycles. The van der Waals surface area contributed by atoms with Crippen LogP contribution in [0.3, 0.4) is 0 Å². The molecule has 2 saturated heterocycles. The molecule has 264 valence electrons. The number of allylic oxidation sites excluding steroid dienone is 1. The number of hydrogen-bond donors (Lipinski definition) is 6. The Morgan fingerprint density at radius 3 is 2.30 bits per heavy atom. The molecule has 4 aliphatic rings. The van der Waals surface area contributed by atoms with Gasteiger partial charge in [-0.05, 0) is 70.1 Å². The second kappa shape index (κ2) is 14.2. The van der Waals surface area contributed by atoms with E-state index in [-0.39, 0.29) is 23.4 Å². The van der Waals surface area contributed by atoms with Gasteiger partial charge in [0.1, 0.15) is 49.3 Å². The molecule has 0 radical (unpaired) electrons. The zero-order chi connectivity index (χ0) is 34.4. The summed E-state index contributed by atoms with van der Waals surface area (Å²) in [4.78, 5) is 11.3. The number of aliphatic hydroxyl groups is 6. The molecule has 2 aliphatic heterocycles. The van der Waals surface area contributed by atoms with Crippen LogP contribution < -0.4 is 0 Å². The van der Waals surface area contributed by atoms with Gasteiger partial charge in [0.05, 0.1) is 17.8 Å². The molecule has 46 heavy (non-hydrogen) atoms. The van der Waals surface area contributed by atoms with Crippen molar-refractivity contribution in [3.05, 3.63) is 24.3 Å². The van der Waals surface area contributed by atoms with Gasteiger partial charge >= 0.3 is 5.97 Å². The van der Waals surface area contributed by atoms with Crippen LogP contribution in [0.1, 0.15) is 80.6 Å². The largest absolute Gasteiger partial charge is 0.463 e. The monoisotopic (exact) mass is 656 g/mol. The average Bonchev–Trinajstić information content (AvgIpc) is 3.00. The van der Waals surface area contributed by atoms with Crippen LogP contribution in [0.5, 0.6) is 0 Å². The standard InChI is InChI=1S/C34H56O12/c1-9-32(6,41)13-14-33(7)18(3)15-23(34(8)17(2)11-10-12-22(33)34)45-30-28(40)26(38)29(19(4)43-30)46-31-27(39)25(37)24(36)21(44-31)16-42-20(5)35/h9,11,18-19,21-31,36-41H,1,10,12-16H2,2-8H3/t18-,19+,21-,22-,23+,24-,25+,26+,27-,28-,29+,30+,31+,32-,33-,34+/m1/s1. The minimum atomic E-state index is -1.69. The van der Waals surface area contributed by atoms with E-state index in [0.717, 1.165) is 19.3 Å². The smallest absolute Gasteiger partial charge is 0.302 e. The quantitative estimate of drug-likeness (QED) is 0.148. The van der Waals surface area contributed by atoms with Crippen molar-refractivity contribution in [3.63, 3.8) is 0 Å². The first kappa shape index (κ1) is 37.4. The summed E-state index contributed by atoms with van der Waals surface area (Å²) in [7, 11) is 0. The molecule has 12 heteroatoms. The van der Waals surface area contributed by atoms with Crippen molar-refractivity contribution in [1.29, 1.82) is 0 Å². The summed E-state index contributed by atoms with van der Waals surface area (Å²) in [6.07, 6.45) is -6.42. The number of fused-ring (bicyclic) bond motifs is 1. The van der Waals surface area contributed by atoms with Gasteiger partial charge in [-0.1, -0.05) is 38.5 Å². The number of carbonyl (C=O) groups excluding carboxylic acids is 1. The first-order valence-corrected chi connectivity index (χ1v) is 16.6. The fourth-order valence-corrected chi connectivity index (χ4v) is 8.16. The SMILES string of the molecule is C=C[C@@](C)(O)CC[C@]1(C)[C@H](C)C[C@H](O[C@@H]2O[C@@H](C)[C@H](O[C@@H]3O[C@H](COC(C)=O)[C@@H](O)[C@H](O)[C@H]3O)[C@@H](O)[C@H]2O)[C@@]2(C)C(C)=CCC[C@H]12.